The topological polar surface area (TPSA) is 73.0 Å². The Morgan fingerprint density at radius 3 is 2.11 bits per heavy atom. The summed E-state index contributed by atoms with van der Waals surface area (Å²) in [5.41, 5.74) is 1.00. The Hall–Kier alpha value is -3.20. The van der Waals surface area contributed by atoms with E-state index in [4.69, 9.17) is 0 Å². The largest absolute Gasteiger partial charge is 0.339 e. The second kappa shape index (κ2) is 9.52. The standard InChI is InChI=1S/C30H34N4O3S/c1-32(38(36,37)27-15-9-4-10-16-27)30(24-11-5-2-6-12-24)21-25(30)22-33-19-17-29(18-20-33)28(35)31-23-34(29)26-13-7-3-8-14-26/h2-16,25H,17-23H2,1H3,(H,31,35). The van der Waals surface area contributed by atoms with Gasteiger partial charge in [0.2, 0.25) is 15.9 Å². The Balaban J connectivity index is 1.21. The third kappa shape index (κ3) is 4.02. The highest BCUT2D eigenvalue weighted by Crippen LogP contribution is 2.58. The molecule has 0 bridgehead atoms. The van der Waals surface area contributed by atoms with Gasteiger partial charge in [0.05, 0.1) is 17.1 Å². The summed E-state index contributed by atoms with van der Waals surface area (Å²) in [5.74, 6) is 0.282. The number of piperidine rings is 1. The van der Waals surface area contributed by atoms with Crippen molar-refractivity contribution in [1.29, 1.82) is 0 Å². The van der Waals surface area contributed by atoms with Gasteiger partial charge >= 0.3 is 0 Å². The molecule has 3 aliphatic rings. The van der Waals surface area contributed by atoms with E-state index < -0.39 is 21.1 Å². The zero-order valence-corrected chi connectivity index (χ0v) is 22.5. The minimum Gasteiger partial charge on any atom is -0.339 e. The predicted molar refractivity (Wildman–Crippen MR) is 148 cm³/mol. The number of anilines is 1. The number of amides is 1. The lowest BCUT2D eigenvalue weighted by atomic mass is 9.85. The van der Waals surface area contributed by atoms with Gasteiger partial charge in [0.1, 0.15) is 5.54 Å². The van der Waals surface area contributed by atoms with Crippen LogP contribution in [0.25, 0.3) is 0 Å². The normalized spacial score (nSPS) is 25.1. The molecule has 0 aromatic heterocycles. The van der Waals surface area contributed by atoms with Crippen molar-refractivity contribution in [2.24, 2.45) is 5.92 Å². The fraction of sp³-hybridized carbons (Fsp3) is 0.367. The molecular formula is C30H34N4O3S. The number of para-hydroxylation sites is 1. The molecule has 7 nitrogen and oxygen atoms in total. The van der Waals surface area contributed by atoms with E-state index in [9.17, 15) is 13.2 Å². The third-order valence-electron chi connectivity index (χ3n) is 8.88. The molecule has 1 N–H and O–H groups in total. The molecule has 2 saturated heterocycles. The molecule has 6 rings (SSSR count). The zero-order chi connectivity index (χ0) is 26.4. The Bertz CT molecular complexity index is 1390. The molecule has 1 saturated carbocycles. The van der Waals surface area contributed by atoms with Gasteiger partial charge in [-0.25, -0.2) is 8.42 Å². The van der Waals surface area contributed by atoms with Crippen molar-refractivity contribution in [2.75, 3.05) is 38.3 Å². The SMILES string of the molecule is CN(C1(c2ccccc2)CC1CN1CCC2(CC1)C(=O)NCN2c1ccccc1)S(=O)(=O)c1ccccc1. The van der Waals surface area contributed by atoms with E-state index in [0.29, 0.717) is 11.6 Å². The van der Waals surface area contributed by atoms with Crippen LogP contribution in [0.15, 0.2) is 95.9 Å². The van der Waals surface area contributed by atoms with Crippen LogP contribution in [0, 0.1) is 5.92 Å². The summed E-state index contributed by atoms with van der Waals surface area (Å²) in [5, 5.41) is 3.07. The van der Waals surface area contributed by atoms with Crippen LogP contribution in [-0.4, -0.2) is 62.4 Å². The molecule has 3 aromatic rings. The first-order chi connectivity index (χ1) is 18.4. The number of nitrogens with zero attached hydrogens (tertiary/aromatic N) is 3. The molecule has 3 aromatic carbocycles. The molecule has 198 valence electrons. The zero-order valence-electron chi connectivity index (χ0n) is 21.7. The molecule has 1 amide bonds. The first-order valence-corrected chi connectivity index (χ1v) is 14.7. The van der Waals surface area contributed by atoms with Crippen molar-refractivity contribution in [3.8, 4) is 0 Å². The van der Waals surface area contributed by atoms with Gasteiger partial charge in [-0.1, -0.05) is 66.7 Å². The third-order valence-corrected chi connectivity index (χ3v) is 10.8. The van der Waals surface area contributed by atoms with E-state index >= 15 is 0 Å². The van der Waals surface area contributed by atoms with Crippen LogP contribution in [0.5, 0.6) is 0 Å². The molecule has 2 unspecified atom stereocenters. The molecule has 1 spiro atoms. The number of rotatable bonds is 7. The number of benzene rings is 3. The van der Waals surface area contributed by atoms with Gasteiger partial charge in [0, 0.05) is 32.4 Å². The van der Waals surface area contributed by atoms with Crippen LogP contribution in [0.3, 0.4) is 0 Å². The Morgan fingerprint density at radius 1 is 0.895 bits per heavy atom. The van der Waals surface area contributed by atoms with Gasteiger partial charge in [-0.3, -0.25) is 4.79 Å². The van der Waals surface area contributed by atoms with Crippen molar-refractivity contribution in [1.82, 2.24) is 14.5 Å². The highest BCUT2D eigenvalue weighted by atomic mass is 32.2. The van der Waals surface area contributed by atoms with Crippen LogP contribution >= 0.6 is 0 Å². The number of likely N-dealkylation sites (tertiary alicyclic amines) is 1. The Labute approximate surface area is 225 Å². The summed E-state index contributed by atoms with van der Waals surface area (Å²) in [6.07, 6.45) is 2.27. The first kappa shape index (κ1) is 25.1. The molecule has 0 radical (unpaired) electrons. The van der Waals surface area contributed by atoms with Crippen LogP contribution in [-0.2, 0) is 20.4 Å². The van der Waals surface area contributed by atoms with E-state index in [-0.39, 0.29) is 11.8 Å². The smallest absolute Gasteiger partial charge is 0.247 e. The average Bonchev–Trinajstić information content (AvgIpc) is 3.60. The Morgan fingerprint density at radius 2 is 1.47 bits per heavy atom. The number of hydrogen-bond acceptors (Lipinski definition) is 5. The minimum absolute atomic E-state index is 0.111. The summed E-state index contributed by atoms with van der Waals surface area (Å²) in [4.78, 5) is 18.0. The van der Waals surface area contributed by atoms with Gasteiger partial charge in [-0.05, 0) is 55.0 Å². The van der Waals surface area contributed by atoms with Gasteiger partial charge < -0.3 is 15.1 Å². The lowest BCUT2D eigenvalue weighted by molar-refractivity contribution is -0.125. The second-order valence-electron chi connectivity index (χ2n) is 10.7. The first-order valence-electron chi connectivity index (χ1n) is 13.3. The van der Waals surface area contributed by atoms with Crippen molar-refractivity contribution in [3.63, 3.8) is 0 Å². The van der Waals surface area contributed by atoms with Gasteiger partial charge in [0.15, 0.2) is 0 Å². The van der Waals surface area contributed by atoms with E-state index in [1.54, 1.807) is 35.6 Å². The second-order valence-corrected chi connectivity index (χ2v) is 12.7. The molecule has 2 heterocycles. The number of carbonyl (C=O) groups excluding carboxylic acids is 1. The van der Waals surface area contributed by atoms with Crippen LogP contribution in [0.1, 0.15) is 24.8 Å². The number of sulfonamides is 1. The summed E-state index contributed by atoms with van der Waals surface area (Å²) in [6.45, 7) is 2.93. The summed E-state index contributed by atoms with van der Waals surface area (Å²) < 4.78 is 28.9. The Kier molecular flexibility index (Phi) is 6.29. The maximum absolute atomic E-state index is 13.7. The van der Waals surface area contributed by atoms with Crippen molar-refractivity contribution in [2.45, 2.75) is 35.2 Å². The van der Waals surface area contributed by atoms with Crippen LogP contribution in [0.2, 0.25) is 0 Å². The lowest BCUT2D eigenvalue weighted by Crippen LogP contribution is -2.56. The van der Waals surface area contributed by atoms with E-state index in [2.05, 4.69) is 27.2 Å². The van der Waals surface area contributed by atoms with Gasteiger partial charge in [-0.2, -0.15) is 4.31 Å². The van der Waals surface area contributed by atoms with Crippen LogP contribution < -0.4 is 10.2 Å². The molecule has 2 aliphatic heterocycles. The minimum atomic E-state index is -3.66. The molecule has 2 atom stereocenters. The van der Waals surface area contributed by atoms with Gasteiger partial charge in [0.25, 0.3) is 0 Å². The molecule has 38 heavy (non-hydrogen) atoms. The monoisotopic (exact) mass is 530 g/mol. The summed E-state index contributed by atoms with van der Waals surface area (Å²) in [6, 6.07) is 28.9. The molecule has 8 heteroatoms. The van der Waals surface area contributed by atoms with E-state index in [1.807, 2.05) is 54.6 Å². The number of carbonyl (C=O) groups is 1. The fourth-order valence-corrected chi connectivity index (χ4v) is 8.17. The van der Waals surface area contributed by atoms with Crippen molar-refractivity contribution >= 4 is 21.6 Å². The summed E-state index contributed by atoms with van der Waals surface area (Å²) >= 11 is 0. The number of hydrogen-bond donors (Lipinski definition) is 1. The maximum atomic E-state index is 13.7. The van der Waals surface area contributed by atoms with Crippen molar-refractivity contribution in [3.05, 3.63) is 96.6 Å². The van der Waals surface area contributed by atoms with Crippen molar-refractivity contribution < 1.29 is 13.2 Å². The highest BCUT2D eigenvalue weighted by molar-refractivity contribution is 7.89. The predicted octanol–water partition coefficient (Wildman–Crippen LogP) is 3.65. The quantitative estimate of drug-likeness (QED) is 0.505. The van der Waals surface area contributed by atoms with Crippen LogP contribution in [0.4, 0.5) is 5.69 Å². The van der Waals surface area contributed by atoms with E-state index in [0.717, 1.165) is 50.1 Å². The highest BCUT2D eigenvalue weighted by Gasteiger charge is 2.62. The summed E-state index contributed by atoms with van der Waals surface area (Å²) in [7, 11) is -1.94. The average molecular weight is 531 g/mol. The van der Waals surface area contributed by atoms with Gasteiger partial charge in [-0.15, -0.1) is 0 Å². The fourth-order valence-electron chi connectivity index (χ4n) is 6.59. The molecule has 1 aliphatic carbocycles. The number of nitrogens with one attached hydrogen (secondary N) is 1. The maximum Gasteiger partial charge on any atom is 0.247 e. The van der Waals surface area contributed by atoms with E-state index in [1.165, 1.54) is 0 Å². The molecular weight excluding hydrogens is 496 g/mol. The molecule has 3 fully saturated rings. The lowest BCUT2D eigenvalue weighted by Gasteiger charge is -2.43.